The van der Waals surface area contributed by atoms with Gasteiger partial charge in [-0.25, -0.2) is 0 Å². The number of pyridine rings is 1. The molecule has 0 saturated carbocycles. The number of nitrogens with one attached hydrogen (secondary N) is 1. The molecule has 0 aliphatic heterocycles. The predicted octanol–water partition coefficient (Wildman–Crippen LogP) is -0.792. The van der Waals surface area contributed by atoms with Gasteiger partial charge in [0.2, 0.25) is 5.91 Å². The number of aliphatic hydroxyl groups is 1. The fourth-order valence-electron chi connectivity index (χ4n) is 1.37. The average Bonchev–Trinajstić information content (AvgIpc) is 2.41. The summed E-state index contributed by atoms with van der Waals surface area (Å²) >= 11 is 0. The van der Waals surface area contributed by atoms with Gasteiger partial charge in [0.15, 0.2) is 0 Å². The second-order valence-corrected chi connectivity index (χ2v) is 3.93. The van der Waals surface area contributed by atoms with Crippen molar-refractivity contribution < 1.29 is 24.9 Å². The summed E-state index contributed by atoms with van der Waals surface area (Å²) in [4.78, 5) is 29.2. The number of carboxylic acids is 1. The van der Waals surface area contributed by atoms with Gasteiger partial charge in [-0.15, -0.1) is 0 Å². The lowest BCUT2D eigenvalue weighted by molar-refractivity contribution is -0.137. The van der Waals surface area contributed by atoms with Crippen molar-refractivity contribution in [2.24, 2.45) is 4.99 Å². The van der Waals surface area contributed by atoms with Gasteiger partial charge < -0.3 is 20.6 Å². The van der Waals surface area contributed by atoms with Crippen LogP contribution < -0.4 is 5.32 Å². The molecule has 20 heavy (non-hydrogen) atoms. The van der Waals surface area contributed by atoms with Gasteiger partial charge in [0.05, 0.1) is 12.3 Å². The van der Waals surface area contributed by atoms with Crippen LogP contribution in [0.25, 0.3) is 0 Å². The molecule has 4 N–H and O–H groups in total. The number of nitrogens with zero attached hydrogens (tertiary/aromatic N) is 2. The lowest BCUT2D eigenvalue weighted by Crippen LogP contribution is -2.30. The van der Waals surface area contributed by atoms with E-state index in [1.807, 2.05) is 0 Å². The SMILES string of the molecule is Cc1ncc(CO)c(C=NCC(=O)NCC(=O)O)c1O. The van der Waals surface area contributed by atoms with Gasteiger partial charge in [0, 0.05) is 23.5 Å². The first-order valence-corrected chi connectivity index (χ1v) is 5.72. The highest BCUT2D eigenvalue weighted by atomic mass is 16.4. The Morgan fingerprint density at radius 1 is 1.50 bits per heavy atom. The molecule has 0 unspecified atom stereocenters. The molecular formula is C12H15N3O5. The van der Waals surface area contributed by atoms with Crippen molar-refractivity contribution in [1.82, 2.24) is 10.3 Å². The van der Waals surface area contributed by atoms with E-state index in [1.54, 1.807) is 6.92 Å². The largest absolute Gasteiger partial charge is 0.505 e. The minimum absolute atomic E-state index is 0.119. The minimum Gasteiger partial charge on any atom is -0.505 e. The van der Waals surface area contributed by atoms with E-state index in [4.69, 9.17) is 10.2 Å². The third-order valence-corrected chi connectivity index (χ3v) is 2.42. The van der Waals surface area contributed by atoms with Crippen molar-refractivity contribution in [3.8, 4) is 5.75 Å². The zero-order valence-electron chi connectivity index (χ0n) is 10.8. The second-order valence-electron chi connectivity index (χ2n) is 3.93. The molecule has 1 heterocycles. The van der Waals surface area contributed by atoms with E-state index < -0.39 is 18.4 Å². The highest BCUT2D eigenvalue weighted by Gasteiger charge is 2.09. The highest BCUT2D eigenvalue weighted by Crippen LogP contribution is 2.21. The number of aromatic hydroxyl groups is 1. The van der Waals surface area contributed by atoms with Crippen LogP contribution in [-0.2, 0) is 16.2 Å². The lowest BCUT2D eigenvalue weighted by Gasteiger charge is -2.06. The first kappa shape index (κ1) is 15.6. The number of carbonyl (C=O) groups excluding carboxylic acids is 1. The van der Waals surface area contributed by atoms with E-state index in [9.17, 15) is 14.7 Å². The van der Waals surface area contributed by atoms with Crippen LogP contribution in [0.1, 0.15) is 16.8 Å². The van der Waals surface area contributed by atoms with Crippen molar-refractivity contribution in [3.63, 3.8) is 0 Å². The number of carbonyl (C=O) groups is 2. The van der Waals surface area contributed by atoms with Crippen molar-refractivity contribution in [2.75, 3.05) is 13.1 Å². The van der Waals surface area contributed by atoms with Crippen LogP contribution >= 0.6 is 0 Å². The number of rotatable bonds is 6. The molecule has 1 aromatic heterocycles. The summed E-state index contributed by atoms with van der Waals surface area (Å²) in [5, 5.41) is 29.5. The third-order valence-electron chi connectivity index (χ3n) is 2.42. The Bertz CT molecular complexity index is 542. The summed E-state index contributed by atoms with van der Waals surface area (Å²) < 4.78 is 0. The second kappa shape index (κ2) is 7.19. The molecule has 8 heteroatoms. The maximum absolute atomic E-state index is 11.2. The quantitative estimate of drug-likeness (QED) is 0.505. The molecular weight excluding hydrogens is 266 g/mol. The van der Waals surface area contributed by atoms with Crippen LogP contribution in [-0.4, -0.2) is 51.5 Å². The van der Waals surface area contributed by atoms with Crippen LogP contribution in [0.4, 0.5) is 0 Å². The first-order valence-electron chi connectivity index (χ1n) is 5.72. The van der Waals surface area contributed by atoms with Crippen LogP contribution in [0.5, 0.6) is 5.75 Å². The Morgan fingerprint density at radius 2 is 2.20 bits per heavy atom. The topological polar surface area (TPSA) is 132 Å². The molecule has 0 radical (unpaired) electrons. The molecule has 0 saturated heterocycles. The van der Waals surface area contributed by atoms with E-state index >= 15 is 0 Å². The smallest absolute Gasteiger partial charge is 0.322 e. The zero-order chi connectivity index (χ0) is 15.1. The standard InChI is InChI=1S/C12H15N3O5/c1-7-12(20)9(8(6-16)2-14-7)3-13-4-10(17)15-5-11(18)19/h2-3,16,20H,4-6H2,1H3,(H,15,17)(H,18,19). The van der Waals surface area contributed by atoms with E-state index in [1.165, 1.54) is 12.4 Å². The Balaban J connectivity index is 2.73. The molecule has 0 aliphatic carbocycles. The number of aliphatic imine (C=N–C) groups is 1. The average molecular weight is 281 g/mol. The Labute approximate surface area is 114 Å². The molecule has 0 aromatic carbocycles. The number of aryl methyl sites for hydroxylation is 1. The molecule has 0 atom stereocenters. The molecule has 0 bridgehead atoms. The Hall–Kier alpha value is -2.48. The number of aliphatic hydroxyl groups excluding tert-OH is 1. The van der Waals surface area contributed by atoms with Crippen LogP contribution in [0, 0.1) is 6.92 Å². The molecule has 8 nitrogen and oxygen atoms in total. The van der Waals surface area contributed by atoms with Crippen molar-refractivity contribution in [1.29, 1.82) is 0 Å². The minimum atomic E-state index is -1.15. The van der Waals surface area contributed by atoms with Crippen LogP contribution in [0.15, 0.2) is 11.2 Å². The lowest BCUT2D eigenvalue weighted by atomic mass is 10.1. The zero-order valence-corrected chi connectivity index (χ0v) is 10.8. The van der Waals surface area contributed by atoms with Gasteiger partial charge in [0.25, 0.3) is 0 Å². The van der Waals surface area contributed by atoms with Gasteiger partial charge in [0.1, 0.15) is 18.8 Å². The summed E-state index contributed by atoms with van der Waals surface area (Å²) in [6.45, 7) is 0.510. The Morgan fingerprint density at radius 3 is 2.80 bits per heavy atom. The fraction of sp³-hybridized carbons (Fsp3) is 0.333. The summed E-state index contributed by atoms with van der Waals surface area (Å²) in [7, 11) is 0. The van der Waals surface area contributed by atoms with E-state index in [0.29, 0.717) is 11.3 Å². The molecule has 1 rings (SSSR count). The number of amides is 1. The summed E-state index contributed by atoms with van der Waals surface area (Å²) in [6, 6.07) is 0. The van der Waals surface area contributed by atoms with Gasteiger partial charge in [-0.05, 0) is 6.92 Å². The van der Waals surface area contributed by atoms with E-state index in [0.717, 1.165) is 0 Å². The normalized spacial score (nSPS) is 10.7. The van der Waals surface area contributed by atoms with Crippen LogP contribution in [0.2, 0.25) is 0 Å². The monoisotopic (exact) mass is 281 g/mol. The highest BCUT2D eigenvalue weighted by molar-refractivity contribution is 5.88. The predicted molar refractivity (Wildman–Crippen MR) is 69.7 cm³/mol. The maximum Gasteiger partial charge on any atom is 0.322 e. The van der Waals surface area contributed by atoms with E-state index in [2.05, 4.69) is 15.3 Å². The van der Waals surface area contributed by atoms with Gasteiger partial charge in [-0.1, -0.05) is 0 Å². The number of hydrogen-bond donors (Lipinski definition) is 4. The van der Waals surface area contributed by atoms with Gasteiger partial charge in [-0.3, -0.25) is 19.6 Å². The molecule has 0 aliphatic rings. The van der Waals surface area contributed by atoms with Gasteiger partial charge >= 0.3 is 5.97 Å². The summed E-state index contributed by atoms with van der Waals surface area (Å²) in [5.74, 6) is -1.82. The Kier molecular flexibility index (Phi) is 5.60. The third kappa shape index (κ3) is 4.32. The van der Waals surface area contributed by atoms with Crippen LogP contribution in [0.3, 0.4) is 0 Å². The summed E-state index contributed by atoms with van der Waals surface area (Å²) in [6.07, 6.45) is 2.65. The van der Waals surface area contributed by atoms with Crippen molar-refractivity contribution in [2.45, 2.75) is 13.5 Å². The molecule has 0 spiro atoms. The first-order chi connectivity index (χ1) is 9.45. The fourth-order valence-corrected chi connectivity index (χ4v) is 1.37. The molecule has 1 amide bonds. The number of aliphatic carboxylic acids is 1. The van der Waals surface area contributed by atoms with Crippen molar-refractivity contribution in [3.05, 3.63) is 23.0 Å². The number of carboxylic acid groups (broad SMARTS) is 1. The molecule has 1 aromatic rings. The van der Waals surface area contributed by atoms with Crippen molar-refractivity contribution >= 4 is 18.1 Å². The molecule has 108 valence electrons. The van der Waals surface area contributed by atoms with Gasteiger partial charge in [-0.2, -0.15) is 0 Å². The number of aromatic nitrogens is 1. The molecule has 0 fully saturated rings. The summed E-state index contributed by atoms with van der Waals surface area (Å²) in [5.41, 5.74) is 1.04. The number of hydrogen-bond acceptors (Lipinski definition) is 6. The maximum atomic E-state index is 11.2. The van der Waals surface area contributed by atoms with E-state index in [-0.39, 0.29) is 24.5 Å².